The summed E-state index contributed by atoms with van der Waals surface area (Å²) in [4.78, 5) is 24.1. The summed E-state index contributed by atoms with van der Waals surface area (Å²) in [6.45, 7) is 21.7. The van der Waals surface area contributed by atoms with Crippen molar-refractivity contribution in [2.75, 3.05) is 0 Å². The predicted molar refractivity (Wildman–Crippen MR) is 123 cm³/mol. The molecule has 1 heterocycles. The zero-order valence-electron chi connectivity index (χ0n) is 19.4. The highest BCUT2D eigenvalue weighted by atomic mass is 28.4. The van der Waals surface area contributed by atoms with Gasteiger partial charge in [-0.25, -0.2) is 9.36 Å². The number of carbonyl (C=O) groups is 1. The van der Waals surface area contributed by atoms with E-state index < -0.39 is 24.9 Å². The van der Waals surface area contributed by atoms with E-state index in [1.165, 1.54) is 16.7 Å². The number of hydrogen-bond acceptors (Lipinski definition) is 5. The molecule has 1 aromatic carbocycles. The van der Waals surface area contributed by atoms with Crippen molar-refractivity contribution in [1.82, 2.24) is 4.57 Å². The zero-order valence-corrected chi connectivity index (χ0v) is 20.4. The standard InChI is InChI=1S/C22H32N2O5Si/c1-14(2)18-16-13-15(24(26)27)11-12-17(16)23(20(25)28-21(3,4)5)19(18)29-30(9,10)22(6,7)8/h11-13H,1H2,2-10H3. The summed E-state index contributed by atoms with van der Waals surface area (Å²) in [6, 6.07) is 4.39. The van der Waals surface area contributed by atoms with Crippen molar-refractivity contribution in [2.45, 2.75) is 72.2 Å². The van der Waals surface area contributed by atoms with Crippen molar-refractivity contribution < 1.29 is 18.9 Å². The van der Waals surface area contributed by atoms with Crippen molar-refractivity contribution in [3.63, 3.8) is 0 Å². The molecule has 0 spiro atoms. The first-order valence-corrected chi connectivity index (χ1v) is 12.8. The van der Waals surface area contributed by atoms with Gasteiger partial charge >= 0.3 is 6.09 Å². The third-order valence-electron chi connectivity index (χ3n) is 5.28. The molecule has 0 atom stereocenters. The van der Waals surface area contributed by atoms with E-state index in [2.05, 4.69) is 40.4 Å². The number of rotatable bonds is 4. The van der Waals surface area contributed by atoms with E-state index in [9.17, 15) is 14.9 Å². The molecular formula is C22H32N2O5Si. The summed E-state index contributed by atoms with van der Waals surface area (Å²) in [7, 11) is -2.36. The van der Waals surface area contributed by atoms with Crippen molar-refractivity contribution in [3.05, 3.63) is 40.5 Å². The Morgan fingerprint density at radius 1 is 1.17 bits per heavy atom. The van der Waals surface area contributed by atoms with Gasteiger partial charge in [0.2, 0.25) is 0 Å². The maximum Gasteiger partial charge on any atom is 0.421 e. The van der Waals surface area contributed by atoms with Crippen LogP contribution < -0.4 is 4.43 Å². The van der Waals surface area contributed by atoms with Crippen molar-refractivity contribution in [1.29, 1.82) is 0 Å². The zero-order chi connectivity index (χ0) is 23.2. The molecule has 0 saturated carbocycles. The van der Waals surface area contributed by atoms with Gasteiger partial charge in [0.15, 0.2) is 5.88 Å². The Labute approximate surface area is 178 Å². The molecule has 8 heteroatoms. The SMILES string of the molecule is C=C(C)c1c(O[Si](C)(C)C(C)(C)C)n(C(=O)OC(C)(C)C)c2ccc([N+](=O)[O-])cc12. The molecule has 0 fully saturated rings. The monoisotopic (exact) mass is 432 g/mol. The van der Waals surface area contributed by atoms with Crippen LogP contribution in [0.2, 0.25) is 18.1 Å². The Morgan fingerprint density at radius 3 is 2.17 bits per heavy atom. The van der Waals surface area contributed by atoms with E-state index in [4.69, 9.17) is 9.16 Å². The third-order valence-corrected chi connectivity index (χ3v) is 9.60. The summed E-state index contributed by atoms with van der Waals surface area (Å²) in [5, 5.41) is 11.8. The van der Waals surface area contributed by atoms with Crippen LogP contribution in [-0.2, 0) is 4.74 Å². The summed E-state index contributed by atoms with van der Waals surface area (Å²) in [6.07, 6.45) is -0.595. The van der Waals surface area contributed by atoms with Gasteiger partial charge in [-0.05, 0) is 57.5 Å². The van der Waals surface area contributed by atoms with Gasteiger partial charge < -0.3 is 9.16 Å². The molecule has 1 aromatic heterocycles. The molecule has 0 radical (unpaired) electrons. The Hall–Kier alpha value is -2.61. The highest BCUT2D eigenvalue weighted by Gasteiger charge is 2.41. The van der Waals surface area contributed by atoms with Crippen LogP contribution in [0.3, 0.4) is 0 Å². The average molecular weight is 433 g/mol. The fourth-order valence-electron chi connectivity index (χ4n) is 2.76. The fraction of sp³-hybridized carbons (Fsp3) is 0.500. The molecule has 0 bridgehead atoms. The number of aromatic nitrogens is 1. The van der Waals surface area contributed by atoms with E-state index in [1.54, 1.807) is 33.8 Å². The predicted octanol–water partition coefficient (Wildman–Crippen LogP) is 6.75. The minimum absolute atomic E-state index is 0.0646. The Morgan fingerprint density at radius 2 is 1.73 bits per heavy atom. The smallest absolute Gasteiger partial charge is 0.421 e. The van der Waals surface area contributed by atoms with Crippen LogP contribution in [0, 0.1) is 10.1 Å². The number of non-ortho nitro benzene ring substituents is 1. The first-order valence-electron chi connectivity index (χ1n) is 9.87. The van der Waals surface area contributed by atoms with Crippen molar-refractivity contribution in [3.8, 4) is 5.88 Å². The molecule has 7 nitrogen and oxygen atoms in total. The highest BCUT2D eigenvalue weighted by molar-refractivity contribution is 6.74. The van der Waals surface area contributed by atoms with Crippen LogP contribution in [0.15, 0.2) is 24.8 Å². The highest BCUT2D eigenvalue weighted by Crippen LogP contribution is 2.43. The van der Waals surface area contributed by atoms with Gasteiger partial charge in [-0.15, -0.1) is 0 Å². The van der Waals surface area contributed by atoms with Gasteiger partial charge in [0, 0.05) is 23.1 Å². The maximum absolute atomic E-state index is 13.2. The van der Waals surface area contributed by atoms with Crippen LogP contribution in [-0.4, -0.2) is 29.5 Å². The number of fused-ring (bicyclic) bond motifs is 1. The molecule has 0 amide bonds. The van der Waals surface area contributed by atoms with Crippen LogP contribution in [0.5, 0.6) is 5.88 Å². The number of nitrogens with zero attached hydrogens (tertiary/aromatic N) is 2. The molecule has 164 valence electrons. The maximum atomic E-state index is 13.2. The third kappa shape index (κ3) is 4.58. The first-order chi connectivity index (χ1) is 13.5. The minimum Gasteiger partial charge on any atom is -0.531 e. The molecule has 0 aliphatic carbocycles. The van der Waals surface area contributed by atoms with Gasteiger partial charge in [-0.2, -0.15) is 0 Å². The van der Waals surface area contributed by atoms with Crippen LogP contribution in [0.4, 0.5) is 10.5 Å². The molecular weight excluding hydrogens is 400 g/mol. The quantitative estimate of drug-likeness (QED) is 0.303. The Balaban J connectivity index is 2.91. The number of benzene rings is 1. The van der Waals surface area contributed by atoms with E-state index >= 15 is 0 Å². The molecule has 0 saturated heterocycles. The van der Waals surface area contributed by atoms with Gasteiger partial charge in [0.25, 0.3) is 14.0 Å². The molecule has 0 aliphatic heterocycles. The molecule has 2 aromatic rings. The second-order valence-electron chi connectivity index (χ2n) is 10.1. The molecule has 0 N–H and O–H groups in total. The normalized spacial score (nSPS) is 12.7. The minimum atomic E-state index is -2.36. The average Bonchev–Trinajstić information content (AvgIpc) is 2.84. The number of nitro benzene ring substituents is 1. The second kappa shape index (κ2) is 7.57. The number of allylic oxidation sites excluding steroid dienone is 1. The molecule has 0 aliphatic rings. The number of ether oxygens (including phenoxy) is 1. The lowest BCUT2D eigenvalue weighted by molar-refractivity contribution is -0.384. The van der Waals surface area contributed by atoms with Crippen LogP contribution in [0.1, 0.15) is 54.0 Å². The lowest BCUT2D eigenvalue weighted by Gasteiger charge is -2.37. The van der Waals surface area contributed by atoms with Gasteiger partial charge in [0.05, 0.1) is 10.4 Å². The summed E-state index contributed by atoms with van der Waals surface area (Å²) < 4.78 is 13.6. The molecule has 30 heavy (non-hydrogen) atoms. The lowest BCUT2D eigenvalue weighted by Crippen LogP contribution is -2.45. The van der Waals surface area contributed by atoms with Crippen LogP contribution in [0.25, 0.3) is 16.5 Å². The van der Waals surface area contributed by atoms with Crippen LogP contribution >= 0.6 is 0 Å². The Kier molecular flexibility index (Phi) is 5.97. The van der Waals surface area contributed by atoms with E-state index in [-0.39, 0.29) is 10.7 Å². The van der Waals surface area contributed by atoms with Crippen molar-refractivity contribution >= 4 is 36.6 Å². The summed E-state index contributed by atoms with van der Waals surface area (Å²) >= 11 is 0. The number of hydrogen-bond donors (Lipinski definition) is 0. The van der Waals surface area contributed by atoms with E-state index in [0.717, 1.165) is 0 Å². The number of carbonyl (C=O) groups excluding carboxylic acids is 1. The fourth-order valence-corrected chi connectivity index (χ4v) is 3.74. The lowest BCUT2D eigenvalue weighted by atomic mass is 10.1. The van der Waals surface area contributed by atoms with E-state index in [0.29, 0.717) is 27.9 Å². The number of nitro groups is 1. The second-order valence-corrected chi connectivity index (χ2v) is 14.8. The van der Waals surface area contributed by atoms with E-state index in [1.807, 2.05) is 0 Å². The topological polar surface area (TPSA) is 83.6 Å². The van der Waals surface area contributed by atoms with Gasteiger partial charge in [-0.1, -0.05) is 27.4 Å². The van der Waals surface area contributed by atoms with Gasteiger partial charge in [-0.3, -0.25) is 10.1 Å². The van der Waals surface area contributed by atoms with Crippen molar-refractivity contribution in [2.24, 2.45) is 0 Å². The largest absolute Gasteiger partial charge is 0.531 e. The Bertz CT molecular complexity index is 1020. The summed E-state index contributed by atoms with van der Waals surface area (Å²) in [5.41, 5.74) is 0.944. The van der Waals surface area contributed by atoms with Gasteiger partial charge in [0.1, 0.15) is 5.60 Å². The summed E-state index contributed by atoms with van der Waals surface area (Å²) in [5.74, 6) is 0.332. The molecule has 2 rings (SSSR count). The first kappa shape index (κ1) is 23.7. The molecule has 0 unspecified atom stereocenters.